The molecule has 17 heavy (non-hydrogen) atoms. The number of rotatable bonds is 4. The second-order valence-electron chi connectivity index (χ2n) is 4.19. The predicted molar refractivity (Wildman–Crippen MR) is 60.0 cm³/mol. The molecule has 0 radical (unpaired) electrons. The van der Waals surface area contributed by atoms with Gasteiger partial charge in [0.05, 0.1) is 26.3 Å². The molecule has 0 bridgehead atoms. The summed E-state index contributed by atoms with van der Waals surface area (Å²) >= 11 is 0. The number of hydrogen-bond donors (Lipinski definition) is 2. The van der Waals surface area contributed by atoms with Gasteiger partial charge in [0.1, 0.15) is 18.8 Å². The number of carbonyl (C=O) groups is 1. The first kappa shape index (κ1) is 12.1. The van der Waals surface area contributed by atoms with Crippen molar-refractivity contribution in [1.82, 2.24) is 10.5 Å². The highest BCUT2D eigenvalue weighted by Crippen LogP contribution is 2.00. The molecule has 0 saturated carbocycles. The first-order valence-electron chi connectivity index (χ1n) is 5.88. The molecule has 6 nitrogen and oxygen atoms in total. The number of morpholine rings is 1. The largest absolute Gasteiger partial charge is 0.370 e. The van der Waals surface area contributed by atoms with Gasteiger partial charge in [-0.1, -0.05) is 5.16 Å². The zero-order valence-corrected chi connectivity index (χ0v) is 9.99. The van der Waals surface area contributed by atoms with Crippen molar-refractivity contribution < 1.29 is 19.0 Å². The van der Waals surface area contributed by atoms with E-state index in [1.165, 1.54) is 4.90 Å². The van der Waals surface area contributed by atoms with Crippen molar-refractivity contribution in [2.24, 2.45) is 0 Å². The van der Waals surface area contributed by atoms with E-state index >= 15 is 0 Å². The van der Waals surface area contributed by atoms with Crippen LogP contribution in [0, 0.1) is 6.92 Å². The van der Waals surface area contributed by atoms with Gasteiger partial charge in [0.15, 0.2) is 5.69 Å². The van der Waals surface area contributed by atoms with Crippen molar-refractivity contribution in [3.63, 3.8) is 0 Å². The molecule has 0 unspecified atom stereocenters. The molecule has 1 saturated heterocycles. The smallest absolute Gasteiger partial charge is 0.273 e. The van der Waals surface area contributed by atoms with Crippen LogP contribution in [-0.4, -0.2) is 50.5 Å². The SMILES string of the molecule is Cc1cc(C(=O)NCC[NH+]2CCOCC2)no1. The summed E-state index contributed by atoms with van der Waals surface area (Å²) in [6.07, 6.45) is 0. The number of nitrogens with one attached hydrogen (secondary N) is 2. The van der Waals surface area contributed by atoms with Crippen molar-refractivity contribution in [2.45, 2.75) is 6.92 Å². The topological polar surface area (TPSA) is 68.8 Å². The van der Waals surface area contributed by atoms with Gasteiger partial charge in [-0.2, -0.15) is 0 Å². The molecular formula is C11H18N3O3+. The van der Waals surface area contributed by atoms with Gasteiger partial charge >= 0.3 is 0 Å². The normalized spacial score (nSPS) is 17.0. The molecule has 1 fully saturated rings. The fourth-order valence-corrected chi connectivity index (χ4v) is 1.83. The second kappa shape index (κ2) is 5.79. The lowest BCUT2D eigenvalue weighted by molar-refractivity contribution is -0.906. The Labute approximate surface area is 99.9 Å². The summed E-state index contributed by atoms with van der Waals surface area (Å²) in [6, 6.07) is 1.64. The average Bonchev–Trinajstić information content (AvgIpc) is 2.77. The van der Waals surface area contributed by atoms with Crippen LogP contribution in [0.5, 0.6) is 0 Å². The molecule has 0 atom stereocenters. The monoisotopic (exact) mass is 240 g/mol. The van der Waals surface area contributed by atoms with Crippen molar-refractivity contribution in [2.75, 3.05) is 39.4 Å². The van der Waals surface area contributed by atoms with E-state index in [0.29, 0.717) is 18.0 Å². The molecule has 6 heteroatoms. The van der Waals surface area contributed by atoms with Crippen LogP contribution in [0.2, 0.25) is 0 Å². The number of hydrogen-bond acceptors (Lipinski definition) is 4. The minimum atomic E-state index is -0.172. The standard InChI is InChI=1S/C11H17N3O3/c1-9-8-10(13-17-9)11(15)12-2-3-14-4-6-16-7-5-14/h8H,2-7H2,1H3,(H,12,15)/p+1. The maximum absolute atomic E-state index is 11.6. The zero-order valence-electron chi connectivity index (χ0n) is 9.99. The molecule has 2 rings (SSSR count). The quantitative estimate of drug-likeness (QED) is 0.681. The summed E-state index contributed by atoms with van der Waals surface area (Å²) in [5.41, 5.74) is 0.347. The zero-order chi connectivity index (χ0) is 12.1. The van der Waals surface area contributed by atoms with Crippen LogP contribution in [0.1, 0.15) is 16.2 Å². The van der Waals surface area contributed by atoms with Gasteiger partial charge in [0.25, 0.3) is 5.91 Å². The molecule has 0 aromatic carbocycles. The van der Waals surface area contributed by atoms with Crippen molar-refractivity contribution in [3.8, 4) is 0 Å². The second-order valence-corrected chi connectivity index (χ2v) is 4.19. The Kier molecular flexibility index (Phi) is 4.11. The third-order valence-electron chi connectivity index (χ3n) is 2.82. The average molecular weight is 240 g/mol. The summed E-state index contributed by atoms with van der Waals surface area (Å²) in [7, 11) is 0. The van der Waals surface area contributed by atoms with E-state index in [4.69, 9.17) is 9.26 Å². The van der Waals surface area contributed by atoms with Gasteiger partial charge in [-0.05, 0) is 6.92 Å². The highest BCUT2D eigenvalue weighted by atomic mass is 16.5. The number of amides is 1. The van der Waals surface area contributed by atoms with E-state index in [1.54, 1.807) is 13.0 Å². The number of quaternary nitrogens is 1. The number of aryl methyl sites for hydroxylation is 1. The highest BCUT2D eigenvalue weighted by molar-refractivity contribution is 5.92. The van der Waals surface area contributed by atoms with Gasteiger partial charge in [0.2, 0.25) is 0 Å². The number of ether oxygens (including phenoxy) is 1. The lowest BCUT2D eigenvalue weighted by Gasteiger charge is -2.23. The fourth-order valence-electron chi connectivity index (χ4n) is 1.83. The molecule has 1 aliphatic rings. The molecule has 2 N–H and O–H groups in total. The number of carbonyl (C=O) groups excluding carboxylic acids is 1. The number of aromatic nitrogens is 1. The predicted octanol–water partition coefficient (Wildman–Crippen LogP) is -1.37. The maximum Gasteiger partial charge on any atom is 0.273 e. The Bertz CT molecular complexity index is 372. The minimum Gasteiger partial charge on any atom is -0.370 e. The summed E-state index contributed by atoms with van der Waals surface area (Å²) in [5.74, 6) is 0.475. The minimum absolute atomic E-state index is 0.172. The van der Waals surface area contributed by atoms with Crippen molar-refractivity contribution in [3.05, 3.63) is 17.5 Å². The Hall–Kier alpha value is -1.40. The first-order valence-corrected chi connectivity index (χ1v) is 5.88. The summed E-state index contributed by atoms with van der Waals surface area (Å²) in [5, 5.41) is 6.50. The first-order chi connectivity index (χ1) is 8.25. The van der Waals surface area contributed by atoms with E-state index in [9.17, 15) is 4.79 Å². The summed E-state index contributed by atoms with van der Waals surface area (Å²) in [6.45, 7) is 6.99. The van der Waals surface area contributed by atoms with Gasteiger partial charge in [-0.3, -0.25) is 4.79 Å². The molecule has 94 valence electrons. The van der Waals surface area contributed by atoms with Crippen LogP contribution >= 0.6 is 0 Å². The molecule has 1 aromatic heterocycles. The van der Waals surface area contributed by atoms with Crippen LogP contribution in [0.15, 0.2) is 10.6 Å². The van der Waals surface area contributed by atoms with Crippen molar-refractivity contribution >= 4 is 5.91 Å². The molecular weight excluding hydrogens is 222 g/mol. The third kappa shape index (κ3) is 3.54. The summed E-state index contributed by atoms with van der Waals surface area (Å²) < 4.78 is 10.1. The van der Waals surface area contributed by atoms with E-state index in [-0.39, 0.29) is 5.91 Å². The molecule has 1 aromatic rings. The third-order valence-corrected chi connectivity index (χ3v) is 2.82. The number of nitrogens with zero attached hydrogens (tertiary/aromatic N) is 1. The van der Waals surface area contributed by atoms with Crippen LogP contribution in [0.3, 0.4) is 0 Å². The molecule has 1 aliphatic heterocycles. The van der Waals surface area contributed by atoms with E-state index in [1.807, 2.05) is 0 Å². The molecule has 0 spiro atoms. The lowest BCUT2D eigenvalue weighted by atomic mass is 10.3. The van der Waals surface area contributed by atoms with Crippen LogP contribution in [-0.2, 0) is 4.74 Å². The Morgan fingerprint density at radius 2 is 2.29 bits per heavy atom. The van der Waals surface area contributed by atoms with Crippen LogP contribution in [0.4, 0.5) is 0 Å². The maximum atomic E-state index is 11.6. The Morgan fingerprint density at radius 1 is 1.53 bits per heavy atom. The lowest BCUT2D eigenvalue weighted by Crippen LogP contribution is -3.14. The van der Waals surface area contributed by atoms with Gasteiger partial charge in [-0.15, -0.1) is 0 Å². The van der Waals surface area contributed by atoms with Gasteiger partial charge < -0.3 is 19.5 Å². The molecule has 2 heterocycles. The molecule has 0 aliphatic carbocycles. The summed E-state index contributed by atoms with van der Waals surface area (Å²) in [4.78, 5) is 13.1. The highest BCUT2D eigenvalue weighted by Gasteiger charge is 2.15. The molecule has 1 amide bonds. The van der Waals surface area contributed by atoms with Crippen molar-refractivity contribution in [1.29, 1.82) is 0 Å². The van der Waals surface area contributed by atoms with E-state index in [2.05, 4.69) is 10.5 Å². The van der Waals surface area contributed by atoms with Crippen LogP contribution < -0.4 is 10.2 Å². The fraction of sp³-hybridized carbons (Fsp3) is 0.636. The Morgan fingerprint density at radius 3 is 2.94 bits per heavy atom. The van der Waals surface area contributed by atoms with Gasteiger partial charge in [0, 0.05) is 6.07 Å². The Balaban J connectivity index is 1.69. The van der Waals surface area contributed by atoms with Gasteiger partial charge in [-0.25, -0.2) is 0 Å². The van der Waals surface area contributed by atoms with E-state index in [0.717, 1.165) is 32.8 Å². The van der Waals surface area contributed by atoms with E-state index < -0.39 is 0 Å². The van der Waals surface area contributed by atoms with Crippen LogP contribution in [0.25, 0.3) is 0 Å².